The molecule has 2 heterocycles. The van der Waals surface area contributed by atoms with Gasteiger partial charge in [0.15, 0.2) is 0 Å². The van der Waals surface area contributed by atoms with Crippen LogP contribution in [0.15, 0.2) is 24.3 Å². The molecule has 1 fully saturated rings. The highest BCUT2D eigenvalue weighted by atomic mass is 16.5. The zero-order valence-corrected chi connectivity index (χ0v) is 13.0. The van der Waals surface area contributed by atoms with E-state index in [9.17, 15) is 9.90 Å². The Hall–Kier alpha value is -1.98. The Morgan fingerprint density at radius 1 is 1.36 bits per heavy atom. The molecule has 0 unspecified atom stereocenters. The third kappa shape index (κ3) is 2.46. The summed E-state index contributed by atoms with van der Waals surface area (Å²) in [5.74, 6) is -0.115. The van der Waals surface area contributed by atoms with Crippen LogP contribution in [0, 0.1) is 13.8 Å². The standard InChI is InChI=1S/C17H20N2O3/c1-10-5-4-6-12-13(7-11(2)18-16(10)12)17(21)19(3)14-8-22-9-15(14)20/h4-7,14-15,20H,8-9H2,1-3H3/t14-,15-/m0/s1. The highest BCUT2D eigenvalue weighted by molar-refractivity contribution is 6.06. The van der Waals surface area contributed by atoms with Crippen LogP contribution in [0.5, 0.6) is 0 Å². The Balaban J connectivity index is 2.05. The fourth-order valence-corrected chi connectivity index (χ4v) is 2.94. The van der Waals surface area contributed by atoms with Crippen LogP contribution in [0.3, 0.4) is 0 Å². The number of benzene rings is 1. The van der Waals surface area contributed by atoms with Crippen molar-refractivity contribution in [2.45, 2.75) is 26.0 Å². The van der Waals surface area contributed by atoms with Crippen molar-refractivity contribution in [1.82, 2.24) is 9.88 Å². The molecular formula is C17H20N2O3. The number of pyridine rings is 1. The second-order valence-corrected chi connectivity index (χ2v) is 5.87. The topological polar surface area (TPSA) is 62.7 Å². The molecule has 2 atom stereocenters. The van der Waals surface area contributed by atoms with Crippen molar-refractivity contribution >= 4 is 16.8 Å². The summed E-state index contributed by atoms with van der Waals surface area (Å²) in [6, 6.07) is 7.33. The second-order valence-electron chi connectivity index (χ2n) is 5.87. The molecular weight excluding hydrogens is 280 g/mol. The number of nitrogens with zero attached hydrogens (tertiary/aromatic N) is 2. The first-order valence-corrected chi connectivity index (χ1v) is 7.39. The normalized spacial score (nSPS) is 21.3. The van der Waals surface area contributed by atoms with Gasteiger partial charge in [0.25, 0.3) is 5.91 Å². The van der Waals surface area contributed by atoms with Crippen molar-refractivity contribution in [3.05, 3.63) is 41.1 Å². The first-order chi connectivity index (χ1) is 10.5. The average molecular weight is 300 g/mol. The number of aliphatic hydroxyl groups is 1. The molecule has 22 heavy (non-hydrogen) atoms. The molecule has 0 bridgehead atoms. The minimum atomic E-state index is -0.634. The minimum absolute atomic E-state index is 0.115. The summed E-state index contributed by atoms with van der Waals surface area (Å²) < 4.78 is 5.25. The summed E-state index contributed by atoms with van der Waals surface area (Å²) in [7, 11) is 1.71. The maximum absolute atomic E-state index is 12.9. The van der Waals surface area contributed by atoms with E-state index in [1.54, 1.807) is 11.9 Å². The molecule has 1 aromatic heterocycles. The summed E-state index contributed by atoms with van der Waals surface area (Å²) in [4.78, 5) is 19.0. The van der Waals surface area contributed by atoms with Crippen LogP contribution >= 0.6 is 0 Å². The Morgan fingerprint density at radius 3 is 2.82 bits per heavy atom. The van der Waals surface area contributed by atoms with Crippen molar-refractivity contribution in [2.75, 3.05) is 20.3 Å². The molecule has 1 amide bonds. The molecule has 0 radical (unpaired) electrons. The number of para-hydroxylation sites is 1. The number of hydrogen-bond donors (Lipinski definition) is 1. The minimum Gasteiger partial charge on any atom is -0.388 e. The molecule has 0 saturated carbocycles. The lowest BCUT2D eigenvalue weighted by molar-refractivity contribution is 0.0583. The maximum Gasteiger partial charge on any atom is 0.254 e. The molecule has 5 nitrogen and oxygen atoms in total. The van der Waals surface area contributed by atoms with E-state index >= 15 is 0 Å². The van der Waals surface area contributed by atoms with Gasteiger partial charge in [0.05, 0.1) is 36.4 Å². The molecule has 3 rings (SSSR count). The number of aromatic nitrogens is 1. The number of hydrogen-bond acceptors (Lipinski definition) is 4. The number of aliphatic hydroxyl groups excluding tert-OH is 1. The quantitative estimate of drug-likeness (QED) is 0.916. The smallest absolute Gasteiger partial charge is 0.254 e. The van der Waals surface area contributed by atoms with Crippen molar-refractivity contribution in [3.8, 4) is 0 Å². The Kier molecular flexibility index (Phi) is 3.85. The molecule has 116 valence electrons. The highest BCUT2D eigenvalue weighted by Gasteiger charge is 2.33. The van der Waals surface area contributed by atoms with Crippen LogP contribution in [-0.2, 0) is 4.74 Å². The SMILES string of the molecule is Cc1cc(C(=O)N(C)[C@H]2COC[C@@H]2O)c2cccc(C)c2n1. The molecule has 2 aromatic rings. The molecule has 1 aromatic carbocycles. The number of likely N-dealkylation sites (N-methyl/N-ethyl adjacent to an activating group) is 1. The number of ether oxygens (including phenoxy) is 1. The lowest BCUT2D eigenvalue weighted by atomic mass is 10.0. The van der Waals surface area contributed by atoms with Gasteiger partial charge in [-0.1, -0.05) is 18.2 Å². The van der Waals surface area contributed by atoms with Gasteiger partial charge in [-0.2, -0.15) is 0 Å². The van der Waals surface area contributed by atoms with Gasteiger partial charge < -0.3 is 14.7 Å². The Labute approximate surface area is 129 Å². The summed E-state index contributed by atoms with van der Waals surface area (Å²) >= 11 is 0. The summed E-state index contributed by atoms with van der Waals surface area (Å²) in [5.41, 5.74) is 3.32. The molecule has 0 aliphatic carbocycles. The van der Waals surface area contributed by atoms with Gasteiger partial charge in [-0.3, -0.25) is 9.78 Å². The van der Waals surface area contributed by atoms with Crippen LogP contribution in [0.2, 0.25) is 0 Å². The maximum atomic E-state index is 12.9. The van der Waals surface area contributed by atoms with Gasteiger partial charge in [-0.25, -0.2) is 0 Å². The van der Waals surface area contributed by atoms with E-state index in [2.05, 4.69) is 4.98 Å². The lowest BCUT2D eigenvalue weighted by Crippen LogP contribution is -2.44. The molecule has 1 N–H and O–H groups in total. The van der Waals surface area contributed by atoms with Crippen molar-refractivity contribution in [3.63, 3.8) is 0 Å². The first kappa shape index (κ1) is 14.9. The lowest BCUT2D eigenvalue weighted by Gasteiger charge is -2.26. The van der Waals surface area contributed by atoms with E-state index in [1.807, 2.05) is 38.1 Å². The van der Waals surface area contributed by atoms with Gasteiger partial charge in [0.2, 0.25) is 0 Å². The third-order valence-electron chi connectivity index (χ3n) is 4.24. The van der Waals surface area contributed by atoms with Gasteiger partial charge in [-0.15, -0.1) is 0 Å². The van der Waals surface area contributed by atoms with Crippen molar-refractivity contribution in [1.29, 1.82) is 0 Å². The fourth-order valence-electron chi connectivity index (χ4n) is 2.94. The van der Waals surface area contributed by atoms with Gasteiger partial charge >= 0.3 is 0 Å². The van der Waals surface area contributed by atoms with E-state index < -0.39 is 6.10 Å². The van der Waals surface area contributed by atoms with Crippen LogP contribution in [0.4, 0.5) is 0 Å². The van der Waals surface area contributed by atoms with Crippen LogP contribution in [0.25, 0.3) is 10.9 Å². The molecule has 5 heteroatoms. The van der Waals surface area contributed by atoms with E-state index in [0.29, 0.717) is 12.2 Å². The largest absolute Gasteiger partial charge is 0.388 e. The number of rotatable bonds is 2. The van der Waals surface area contributed by atoms with Crippen molar-refractivity contribution < 1.29 is 14.6 Å². The monoisotopic (exact) mass is 300 g/mol. The summed E-state index contributed by atoms with van der Waals surface area (Å²) in [6.07, 6.45) is -0.634. The predicted molar refractivity (Wildman–Crippen MR) is 83.9 cm³/mol. The van der Waals surface area contributed by atoms with Crippen molar-refractivity contribution in [2.24, 2.45) is 0 Å². The van der Waals surface area contributed by atoms with Crippen LogP contribution in [-0.4, -0.2) is 53.3 Å². The average Bonchev–Trinajstić information content (AvgIpc) is 2.92. The van der Waals surface area contributed by atoms with E-state index in [4.69, 9.17) is 4.74 Å². The van der Waals surface area contributed by atoms with Crippen LogP contribution < -0.4 is 0 Å². The van der Waals surface area contributed by atoms with Crippen LogP contribution in [0.1, 0.15) is 21.6 Å². The van der Waals surface area contributed by atoms with Gasteiger partial charge in [0.1, 0.15) is 0 Å². The number of carbonyl (C=O) groups is 1. The third-order valence-corrected chi connectivity index (χ3v) is 4.24. The number of fused-ring (bicyclic) bond motifs is 1. The fraction of sp³-hybridized carbons (Fsp3) is 0.412. The predicted octanol–water partition coefficient (Wildman–Crippen LogP) is 1.68. The summed E-state index contributed by atoms with van der Waals surface area (Å²) in [6.45, 7) is 4.51. The molecule has 0 spiro atoms. The van der Waals surface area contributed by atoms with Gasteiger partial charge in [0, 0.05) is 18.1 Å². The zero-order chi connectivity index (χ0) is 15.9. The Morgan fingerprint density at radius 2 is 2.14 bits per heavy atom. The first-order valence-electron chi connectivity index (χ1n) is 7.39. The molecule has 1 aliphatic rings. The highest BCUT2D eigenvalue weighted by Crippen LogP contribution is 2.24. The second kappa shape index (κ2) is 5.66. The molecule has 1 aliphatic heterocycles. The number of carbonyl (C=O) groups excluding carboxylic acids is 1. The Bertz CT molecular complexity index is 729. The van der Waals surface area contributed by atoms with Gasteiger partial charge in [-0.05, 0) is 25.5 Å². The zero-order valence-electron chi connectivity index (χ0n) is 13.0. The van der Waals surface area contributed by atoms with E-state index in [0.717, 1.165) is 22.2 Å². The van der Waals surface area contributed by atoms with E-state index in [1.165, 1.54) is 0 Å². The molecule has 1 saturated heterocycles. The number of amides is 1. The number of aryl methyl sites for hydroxylation is 2. The summed E-state index contributed by atoms with van der Waals surface area (Å²) in [5, 5.41) is 10.8. The van der Waals surface area contributed by atoms with E-state index in [-0.39, 0.29) is 18.6 Å².